The van der Waals surface area contributed by atoms with Crippen molar-refractivity contribution in [3.8, 4) is 22.6 Å². The van der Waals surface area contributed by atoms with Crippen molar-refractivity contribution < 1.29 is 48.5 Å². The number of para-hydroxylation sites is 2. The number of rotatable bonds is 26. The summed E-state index contributed by atoms with van der Waals surface area (Å²) in [5, 5.41) is 42.0. The van der Waals surface area contributed by atoms with Crippen molar-refractivity contribution in [3.05, 3.63) is 118 Å². The lowest BCUT2D eigenvalue weighted by Gasteiger charge is -2.62. The molecule has 0 aromatic heterocycles. The van der Waals surface area contributed by atoms with Gasteiger partial charge in [-0.25, -0.2) is 0 Å². The number of allylic oxidation sites excluding steroid dienone is 3. The van der Waals surface area contributed by atoms with E-state index in [1.54, 1.807) is 50.3 Å². The standard InChI is InChI=1S/C39H58N8O5.C39H60N6O5/c1-23(2)26-13-12-24(3)33(19-26)43-39(50)36-35(25(4)48)34(20-41-44-40)52-47(36)21-27-10-9-11-32(37(27)51-8)28-16-29(18-31(17-28)45(5)6)38(49)42-30-14-15-46(7)22-30;1-23(17-29(43(6)7)13-14-34(47)41-28-15-16-44(8)22-28)30-12-10-11-26(37(30)49-9)21-45-36(35(25(3)46)33(20-40)50-45)38(48)42-32-19-27-18-31(24(32)2)39(27,4)5/h9-11,16-18,23-26,30,33-36,48H,12-15,19-22H2,1-8H3,(H,42,49)(H,43,50);10-14,17,24-25,27-28,31-33,35-36,46H,1,15-16,18-22,40H2,2-9H3,(H,41,47)(H,42,48)/b;14-13+,29-17+/t24-,25-,26+,30+,33-,34-,35+,36-;24-,25-,27+,28+,31-,32-,33-,35+,36-/m00/s1. The second-order valence-corrected chi connectivity index (χ2v) is 31.6. The van der Waals surface area contributed by atoms with Gasteiger partial charge in [0.2, 0.25) is 17.7 Å². The number of carbonyl (C=O) groups excluding carboxylic acids is 4. The average molecular weight is 1410 g/mol. The molecule has 24 nitrogen and oxygen atoms in total. The summed E-state index contributed by atoms with van der Waals surface area (Å²) < 4.78 is 12.1. The molecule has 0 radical (unpaired) electrons. The van der Waals surface area contributed by atoms with E-state index in [0.29, 0.717) is 63.6 Å². The van der Waals surface area contributed by atoms with Gasteiger partial charge in [-0.1, -0.05) is 89.6 Å². The SMILES string of the molecule is C=C(/C=C(\C=C\C(=O)N[C@@H]1CCN(C)C1)N(C)C)c1cccc(CN2O[C@@H](CN)[C@@H]([C@H](C)O)[C@H]2C(=O)N[C@H]2C[C@H]3C[C@@H]([C@@H]2C)C3(C)C)c1OC.COc1c(CN2O[C@@H](CN=[N+]=[N-])[C@@H]([C@H](C)O)[C@H]2C(=O)N[C@H]2C[C@H](C(C)C)CC[C@@H]2C)cccc1-c1cc(C(=O)N[C@@H]2CCN(C)C2)cc(N(C)C)c1. The number of nitrogens with zero attached hydrogens (tertiary/aromatic N) is 9. The lowest BCUT2D eigenvalue weighted by atomic mass is 9.45. The average Bonchev–Trinajstić information content (AvgIpc) is 0.926. The maximum Gasteiger partial charge on any atom is 0.251 e. The number of aliphatic hydroxyl groups excluding tert-OH is 2. The third-order valence-electron chi connectivity index (χ3n) is 23.5. The van der Waals surface area contributed by atoms with Crippen molar-refractivity contribution in [2.24, 2.45) is 63.6 Å². The van der Waals surface area contributed by atoms with Crippen molar-refractivity contribution >= 4 is 34.9 Å². The van der Waals surface area contributed by atoms with E-state index in [1.807, 2.05) is 98.7 Å². The Morgan fingerprint density at radius 3 is 1.90 bits per heavy atom. The molecule has 8 N–H and O–H groups in total. The Hall–Kier alpha value is -7.09. The van der Waals surface area contributed by atoms with E-state index in [0.717, 1.165) is 104 Å². The first-order chi connectivity index (χ1) is 48.5. The number of hydrogen-bond donors (Lipinski definition) is 7. The number of carbonyl (C=O) groups is 4. The minimum Gasteiger partial charge on any atom is -0.496 e. The minimum atomic E-state index is -0.914. The number of likely N-dealkylation sites (tertiary alicyclic amines) is 2. The first-order valence-corrected chi connectivity index (χ1v) is 36.9. The Kier molecular flexibility index (Phi) is 26.9. The molecule has 4 heterocycles. The van der Waals surface area contributed by atoms with Gasteiger partial charge in [-0.3, -0.25) is 28.9 Å². The lowest BCUT2D eigenvalue weighted by Crippen LogP contribution is -2.62. The maximum atomic E-state index is 14.3. The molecule has 8 aliphatic rings. The number of nitrogens with one attached hydrogen (secondary N) is 4. The predicted molar refractivity (Wildman–Crippen MR) is 399 cm³/mol. The van der Waals surface area contributed by atoms with Gasteiger partial charge in [0.15, 0.2) is 0 Å². The largest absolute Gasteiger partial charge is 0.496 e. The summed E-state index contributed by atoms with van der Waals surface area (Å²) in [5.41, 5.74) is 22.4. The zero-order valence-electron chi connectivity index (χ0n) is 63.4. The third kappa shape index (κ3) is 18.3. The quantitative estimate of drug-likeness (QED) is 0.0131. The molecule has 2 bridgehead atoms. The number of hydrogen-bond acceptors (Lipinski definition) is 18. The van der Waals surface area contributed by atoms with Crippen LogP contribution < -0.4 is 41.4 Å². The maximum absolute atomic E-state index is 14.3. The number of benzene rings is 3. The van der Waals surface area contributed by atoms with Crippen LogP contribution in [0.4, 0.5) is 5.69 Å². The fourth-order valence-corrected chi connectivity index (χ4v) is 17.2. The molecule has 102 heavy (non-hydrogen) atoms. The van der Waals surface area contributed by atoms with Crippen molar-refractivity contribution in [1.82, 2.24) is 46.1 Å². The molecule has 4 aliphatic heterocycles. The van der Waals surface area contributed by atoms with Gasteiger partial charge in [-0.15, -0.1) is 0 Å². The molecule has 8 fully saturated rings. The molecule has 24 heteroatoms. The molecule has 560 valence electrons. The Morgan fingerprint density at radius 1 is 0.775 bits per heavy atom. The number of likely N-dealkylation sites (N-methyl/N-ethyl adjacent to an activating group) is 3. The zero-order valence-corrected chi connectivity index (χ0v) is 63.4. The van der Waals surface area contributed by atoms with E-state index in [1.165, 1.54) is 6.42 Å². The first-order valence-electron chi connectivity index (χ1n) is 36.9. The highest BCUT2D eigenvalue weighted by Gasteiger charge is 2.58. The van der Waals surface area contributed by atoms with E-state index >= 15 is 0 Å². The number of amides is 4. The van der Waals surface area contributed by atoms with Gasteiger partial charge in [0, 0.05) is 134 Å². The molecular weight excluding hydrogens is 1290 g/mol. The molecule has 17 atom stereocenters. The van der Waals surface area contributed by atoms with Crippen molar-refractivity contribution in [1.29, 1.82) is 0 Å². The van der Waals surface area contributed by atoms with Crippen LogP contribution in [0.5, 0.6) is 11.5 Å². The molecule has 11 rings (SSSR count). The number of anilines is 1. The highest BCUT2D eigenvalue weighted by molar-refractivity contribution is 5.97. The van der Waals surface area contributed by atoms with Crippen LogP contribution >= 0.6 is 0 Å². The van der Waals surface area contributed by atoms with E-state index in [9.17, 15) is 29.4 Å². The van der Waals surface area contributed by atoms with Gasteiger partial charge in [0.25, 0.3) is 5.91 Å². The van der Waals surface area contributed by atoms with Gasteiger partial charge in [-0.2, -0.15) is 10.1 Å². The Bertz CT molecular complexity index is 3540. The Balaban J connectivity index is 0.000000237. The summed E-state index contributed by atoms with van der Waals surface area (Å²) in [7, 11) is 15.1. The summed E-state index contributed by atoms with van der Waals surface area (Å²) >= 11 is 0. The van der Waals surface area contributed by atoms with Crippen LogP contribution in [0.25, 0.3) is 27.1 Å². The molecule has 4 saturated carbocycles. The highest BCUT2D eigenvalue weighted by Crippen LogP contribution is 2.61. The van der Waals surface area contributed by atoms with E-state index in [2.05, 4.69) is 103 Å². The van der Waals surface area contributed by atoms with Crippen LogP contribution in [0.2, 0.25) is 0 Å². The van der Waals surface area contributed by atoms with Gasteiger partial charge in [0.05, 0.1) is 58.3 Å². The Morgan fingerprint density at radius 2 is 1.36 bits per heavy atom. The zero-order chi connectivity index (χ0) is 74.2. The molecule has 4 aliphatic carbocycles. The molecule has 0 spiro atoms. The molecular formula is C78H118N14O10. The molecule has 4 saturated heterocycles. The molecule has 0 unspecified atom stereocenters. The van der Waals surface area contributed by atoms with Crippen molar-refractivity contribution in [2.75, 3.05) is 101 Å². The van der Waals surface area contributed by atoms with Gasteiger partial charge in [0.1, 0.15) is 23.6 Å². The first kappa shape index (κ1) is 79.0. The van der Waals surface area contributed by atoms with Crippen LogP contribution in [-0.2, 0) is 37.1 Å². The van der Waals surface area contributed by atoms with Gasteiger partial charge >= 0.3 is 0 Å². The van der Waals surface area contributed by atoms with E-state index < -0.39 is 48.3 Å². The highest BCUT2D eigenvalue weighted by atomic mass is 16.7. The molecule has 3 aromatic rings. The van der Waals surface area contributed by atoms with Crippen molar-refractivity contribution in [3.63, 3.8) is 0 Å². The second-order valence-electron chi connectivity index (χ2n) is 31.6. The lowest BCUT2D eigenvalue weighted by molar-refractivity contribution is -0.176. The second kappa shape index (κ2) is 34.7. The number of methoxy groups -OCH3 is 2. The molecule has 3 aromatic carbocycles. The van der Waals surface area contributed by atoms with Crippen LogP contribution in [0.1, 0.15) is 127 Å². The summed E-state index contributed by atoms with van der Waals surface area (Å²) in [6.07, 6.45) is 9.45. The fraction of sp³-hybridized carbons (Fsp3) is 0.641. The summed E-state index contributed by atoms with van der Waals surface area (Å²) in [6.45, 7) is 25.4. The number of fused-ring (bicyclic) bond motifs is 2. The number of aliphatic hydroxyl groups is 2. The van der Waals surface area contributed by atoms with E-state index in [4.69, 9.17) is 30.4 Å². The predicted octanol–water partition coefficient (Wildman–Crippen LogP) is 8.39. The number of hydroxylamine groups is 4. The summed E-state index contributed by atoms with van der Waals surface area (Å²) in [6, 6.07) is 16.2. The van der Waals surface area contributed by atoms with Gasteiger partial charge in [-0.05, 0) is 174 Å². The van der Waals surface area contributed by atoms with E-state index in [-0.39, 0.29) is 74.0 Å². The van der Waals surface area contributed by atoms with Gasteiger partial charge < -0.3 is 66.3 Å². The number of ether oxygens (including phenoxy) is 2. The van der Waals surface area contributed by atoms with Crippen LogP contribution in [0.15, 0.2) is 90.2 Å². The van der Waals surface area contributed by atoms with Crippen molar-refractivity contribution in [2.45, 2.75) is 174 Å². The monoisotopic (exact) mass is 1410 g/mol. The topological polar surface area (TPSA) is 288 Å². The summed E-state index contributed by atoms with van der Waals surface area (Å²) in [5.74, 6) is 2.36. The van der Waals surface area contributed by atoms with Crippen LogP contribution in [0.3, 0.4) is 0 Å². The third-order valence-corrected chi connectivity index (χ3v) is 23.5. The van der Waals surface area contributed by atoms with Crippen LogP contribution in [0, 0.1) is 52.8 Å². The number of nitrogens with two attached hydrogens (primary N) is 1. The smallest absolute Gasteiger partial charge is 0.251 e. The summed E-state index contributed by atoms with van der Waals surface area (Å²) in [4.78, 5) is 78.7. The normalized spacial score (nSPS) is 29.4. The molecule has 4 amide bonds. The fourth-order valence-electron chi connectivity index (χ4n) is 17.2. The van der Waals surface area contributed by atoms with Crippen LogP contribution in [-0.4, -0.2) is 215 Å². The minimum absolute atomic E-state index is 0.00383. The Labute approximate surface area is 605 Å². The number of azide groups is 1.